The summed E-state index contributed by atoms with van der Waals surface area (Å²) in [6, 6.07) is 20.8. The molecular weight excluding hydrogens is 471 g/mol. The van der Waals surface area contributed by atoms with E-state index in [9.17, 15) is 9.18 Å². The summed E-state index contributed by atoms with van der Waals surface area (Å²) in [5.74, 6) is 0.413. The Bertz CT molecular complexity index is 1290. The van der Waals surface area contributed by atoms with Crippen LogP contribution in [-0.4, -0.2) is 23.9 Å². The first-order valence-corrected chi connectivity index (χ1v) is 13.3. The second-order valence-electron chi connectivity index (χ2n) is 9.58. The summed E-state index contributed by atoms with van der Waals surface area (Å²) in [5.41, 5.74) is 4.67. The largest absolute Gasteiger partial charge is 0.459 e. The van der Waals surface area contributed by atoms with Gasteiger partial charge in [-0.15, -0.1) is 11.3 Å². The molecule has 1 unspecified atom stereocenters. The SMILES string of the molecule is Cc1sc(NC(=O)c2ccco2)c(C(c2ccc(F)cc2)N2CCC(Cc3ccccc3)CC2)c1C. The number of anilines is 1. The second kappa shape index (κ2) is 10.8. The minimum atomic E-state index is -0.262. The normalized spacial score (nSPS) is 15.6. The van der Waals surface area contributed by atoms with E-state index >= 15 is 0 Å². The van der Waals surface area contributed by atoms with Crippen molar-refractivity contribution in [2.24, 2.45) is 5.92 Å². The molecule has 2 aromatic heterocycles. The van der Waals surface area contributed by atoms with Gasteiger partial charge in [-0.25, -0.2) is 4.39 Å². The Morgan fingerprint density at radius 3 is 2.44 bits per heavy atom. The number of amides is 1. The fourth-order valence-corrected chi connectivity index (χ4v) is 6.29. The van der Waals surface area contributed by atoms with Crippen LogP contribution < -0.4 is 5.32 Å². The lowest BCUT2D eigenvalue weighted by atomic mass is 9.87. The molecule has 1 fully saturated rings. The maximum absolute atomic E-state index is 13.9. The van der Waals surface area contributed by atoms with E-state index in [0.717, 1.165) is 58.9 Å². The van der Waals surface area contributed by atoms with Crippen LogP contribution in [0.1, 0.15) is 56.6 Å². The Morgan fingerprint density at radius 2 is 1.78 bits per heavy atom. The summed E-state index contributed by atoms with van der Waals surface area (Å²) in [6.45, 7) is 6.08. The van der Waals surface area contributed by atoms with Crippen LogP contribution in [0.5, 0.6) is 0 Å². The van der Waals surface area contributed by atoms with Gasteiger partial charge in [0.25, 0.3) is 5.91 Å². The number of furan rings is 1. The van der Waals surface area contributed by atoms with Crippen LogP contribution in [-0.2, 0) is 6.42 Å². The van der Waals surface area contributed by atoms with E-state index < -0.39 is 0 Å². The number of carbonyl (C=O) groups is 1. The highest BCUT2D eigenvalue weighted by atomic mass is 32.1. The predicted molar refractivity (Wildman–Crippen MR) is 143 cm³/mol. The van der Waals surface area contributed by atoms with Crippen LogP contribution in [0.4, 0.5) is 9.39 Å². The summed E-state index contributed by atoms with van der Waals surface area (Å²) < 4.78 is 19.2. The zero-order valence-electron chi connectivity index (χ0n) is 20.7. The van der Waals surface area contributed by atoms with E-state index in [4.69, 9.17) is 4.42 Å². The van der Waals surface area contributed by atoms with Gasteiger partial charge in [0, 0.05) is 10.4 Å². The van der Waals surface area contributed by atoms with Crippen LogP contribution in [0.2, 0.25) is 0 Å². The maximum atomic E-state index is 13.9. The molecule has 1 N–H and O–H groups in total. The average Bonchev–Trinajstić information content (AvgIpc) is 3.52. The molecule has 4 nitrogen and oxygen atoms in total. The maximum Gasteiger partial charge on any atom is 0.291 e. The Labute approximate surface area is 215 Å². The molecule has 36 heavy (non-hydrogen) atoms. The van der Waals surface area contributed by atoms with Crippen molar-refractivity contribution in [2.45, 2.75) is 39.2 Å². The molecule has 186 valence electrons. The van der Waals surface area contributed by atoms with Crippen molar-refractivity contribution < 1.29 is 13.6 Å². The average molecular weight is 503 g/mol. The number of benzene rings is 2. The van der Waals surface area contributed by atoms with Crippen molar-refractivity contribution >= 4 is 22.2 Å². The van der Waals surface area contributed by atoms with Gasteiger partial charge in [0.15, 0.2) is 5.76 Å². The molecule has 2 aromatic carbocycles. The number of hydrogen-bond donors (Lipinski definition) is 1. The summed E-state index contributed by atoms with van der Waals surface area (Å²) in [7, 11) is 0. The second-order valence-corrected chi connectivity index (χ2v) is 10.8. The first kappa shape index (κ1) is 24.5. The molecule has 5 rings (SSSR count). The van der Waals surface area contributed by atoms with Gasteiger partial charge in [-0.2, -0.15) is 0 Å². The molecule has 1 amide bonds. The van der Waals surface area contributed by atoms with Crippen LogP contribution in [0, 0.1) is 25.6 Å². The lowest BCUT2D eigenvalue weighted by molar-refractivity contribution is 0.0996. The molecule has 0 bridgehead atoms. The summed E-state index contributed by atoms with van der Waals surface area (Å²) in [4.78, 5) is 16.5. The van der Waals surface area contributed by atoms with E-state index in [1.165, 1.54) is 24.0 Å². The third-order valence-electron chi connectivity index (χ3n) is 7.24. The first-order chi connectivity index (χ1) is 17.5. The molecule has 0 spiro atoms. The molecule has 1 aliphatic heterocycles. The number of aryl methyl sites for hydroxylation is 1. The molecular formula is C30H31FN2O2S. The zero-order valence-corrected chi connectivity index (χ0v) is 21.5. The van der Waals surface area contributed by atoms with Gasteiger partial charge in [0.05, 0.1) is 12.3 Å². The standard InChI is InChI=1S/C30H31FN2O2S/c1-20-21(2)36-30(32-29(34)26-9-6-18-35-26)27(20)28(24-10-12-25(31)13-11-24)33-16-14-23(15-17-33)19-22-7-4-3-5-8-22/h3-13,18,23,28H,14-17,19H2,1-2H3,(H,32,34). The van der Waals surface area contributed by atoms with Crippen molar-refractivity contribution in [3.63, 3.8) is 0 Å². The minimum Gasteiger partial charge on any atom is -0.459 e. The van der Waals surface area contributed by atoms with Crippen molar-refractivity contribution in [1.29, 1.82) is 0 Å². The van der Waals surface area contributed by atoms with Crippen LogP contribution >= 0.6 is 11.3 Å². The molecule has 6 heteroatoms. The number of rotatable bonds is 7. The number of thiophene rings is 1. The van der Waals surface area contributed by atoms with E-state index in [-0.39, 0.29) is 23.5 Å². The van der Waals surface area contributed by atoms with Gasteiger partial charge in [0.2, 0.25) is 0 Å². The van der Waals surface area contributed by atoms with Gasteiger partial charge >= 0.3 is 0 Å². The number of likely N-dealkylation sites (tertiary alicyclic amines) is 1. The quantitative estimate of drug-likeness (QED) is 0.286. The summed E-state index contributed by atoms with van der Waals surface area (Å²) >= 11 is 1.58. The monoisotopic (exact) mass is 502 g/mol. The van der Waals surface area contributed by atoms with Crippen molar-refractivity contribution in [2.75, 3.05) is 18.4 Å². The van der Waals surface area contributed by atoms with Gasteiger partial charge in [-0.1, -0.05) is 42.5 Å². The van der Waals surface area contributed by atoms with E-state index in [2.05, 4.69) is 54.4 Å². The Hall–Kier alpha value is -3.22. The summed E-state index contributed by atoms with van der Waals surface area (Å²) in [5, 5.41) is 3.93. The highest BCUT2D eigenvalue weighted by molar-refractivity contribution is 7.16. The van der Waals surface area contributed by atoms with E-state index in [0.29, 0.717) is 5.92 Å². The van der Waals surface area contributed by atoms with Crippen LogP contribution in [0.15, 0.2) is 77.4 Å². The topological polar surface area (TPSA) is 45.5 Å². The highest BCUT2D eigenvalue weighted by Crippen LogP contribution is 2.43. The molecule has 1 aliphatic rings. The molecule has 0 radical (unpaired) electrons. The molecule has 0 aliphatic carbocycles. The Morgan fingerprint density at radius 1 is 1.06 bits per heavy atom. The molecule has 1 atom stereocenters. The van der Waals surface area contributed by atoms with Gasteiger partial charge in [0.1, 0.15) is 10.8 Å². The number of carbonyl (C=O) groups excluding carboxylic acids is 1. The van der Waals surface area contributed by atoms with Crippen LogP contribution in [0.25, 0.3) is 0 Å². The third-order valence-corrected chi connectivity index (χ3v) is 8.38. The number of nitrogens with zero attached hydrogens (tertiary/aromatic N) is 1. The fraction of sp³-hybridized carbons (Fsp3) is 0.300. The van der Waals surface area contributed by atoms with Crippen LogP contribution in [0.3, 0.4) is 0 Å². The lowest BCUT2D eigenvalue weighted by Crippen LogP contribution is -2.38. The van der Waals surface area contributed by atoms with Gasteiger partial charge in [-0.05, 0) is 93.1 Å². The zero-order chi connectivity index (χ0) is 25.1. The number of nitrogens with one attached hydrogen (secondary N) is 1. The van der Waals surface area contributed by atoms with E-state index in [1.807, 2.05) is 12.1 Å². The summed E-state index contributed by atoms with van der Waals surface area (Å²) in [6.07, 6.45) is 4.80. The molecule has 4 aromatic rings. The highest BCUT2D eigenvalue weighted by Gasteiger charge is 2.32. The minimum absolute atomic E-state index is 0.0693. The predicted octanol–water partition coefficient (Wildman–Crippen LogP) is 7.39. The van der Waals surface area contributed by atoms with E-state index in [1.54, 1.807) is 23.5 Å². The smallest absolute Gasteiger partial charge is 0.291 e. The van der Waals surface area contributed by atoms with Gasteiger partial charge in [-0.3, -0.25) is 9.69 Å². The lowest BCUT2D eigenvalue weighted by Gasteiger charge is -2.38. The number of hydrogen-bond acceptors (Lipinski definition) is 4. The first-order valence-electron chi connectivity index (χ1n) is 12.5. The molecule has 3 heterocycles. The molecule has 0 saturated carbocycles. The molecule has 1 saturated heterocycles. The van der Waals surface area contributed by atoms with Crippen molar-refractivity contribution in [1.82, 2.24) is 4.90 Å². The van der Waals surface area contributed by atoms with Crippen molar-refractivity contribution in [3.8, 4) is 0 Å². The Balaban J connectivity index is 1.44. The van der Waals surface area contributed by atoms with Gasteiger partial charge < -0.3 is 9.73 Å². The van der Waals surface area contributed by atoms with Crippen molar-refractivity contribution in [3.05, 3.63) is 112 Å². The third kappa shape index (κ3) is 5.30. The number of halogens is 1. The Kier molecular flexibility index (Phi) is 7.35. The fourth-order valence-electron chi connectivity index (χ4n) is 5.21. The number of piperidine rings is 1.